The van der Waals surface area contributed by atoms with Crippen LogP contribution in [0.5, 0.6) is 0 Å². The molecule has 0 aliphatic carbocycles. The molecule has 0 saturated heterocycles. The summed E-state index contributed by atoms with van der Waals surface area (Å²) in [6.45, 7) is 3.47. The Morgan fingerprint density at radius 1 is 1.28 bits per heavy atom. The molecule has 1 atom stereocenters. The molecule has 128 valence electrons. The van der Waals surface area contributed by atoms with Crippen molar-refractivity contribution >= 4 is 28.3 Å². The molecular formula is C17H16N4O3S. The Kier molecular flexibility index (Phi) is 4.90. The van der Waals surface area contributed by atoms with E-state index in [1.165, 1.54) is 29.9 Å². The first-order valence-electron chi connectivity index (χ1n) is 7.57. The van der Waals surface area contributed by atoms with Crippen molar-refractivity contribution in [2.45, 2.75) is 19.9 Å². The van der Waals surface area contributed by atoms with E-state index in [2.05, 4.69) is 20.6 Å². The Morgan fingerprint density at radius 2 is 2.12 bits per heavy atom. The lowest BCUT2D eigenvalue weighted by atomic mass is 10.2. The highest BCUT2D eigenvalue weighted by Gasteiger charge is 2.19. The molecule has 3 rings (SSSR count). The normalized spacial score (nSPS) is 11.8. The molecule has 0 saturated carbocycles. The number of carbonyl (C=O) groups is 2. The van der Waals surface area contributed by atoms with Crippen molar-refractivity contribution < 1.29 is 14.0 Å². The highest BCUT2D eigenvalue weighted by atomic mass is 32.1. The third kappa shape index (κ3) is 3.92. The van der Waals surface area contributed by atoms with Crippen molar-refractivity contribution in [3.8, 4) is 10.6 Å². The number of aromatic nitrogens is 2. The molecule has 0 aliphatic rings. The number of aryl methyl sites for hydroxylation is 1. The van der Waals surface area contributed by atoms with Crippen molar-refractivity contribution in [1.29, 1.82) is 0 Å². The largest absolute Gasteiger partial charge is 0.472 e. The predicted octanol–water partition coefficient (Wildman–Crippen LogP) is 2.86. The van der Waals surface area contributed by atoms with Crippen molar-refractivity contribution in [3.05, 3.63) is 54.2 Å². The van der Waals surface area contributed by atoms with Crippen LogP contribution in [-0.2, 0) is 4.79 Å². The van der Waals surface area contributed by atoms with Crippen LogP contribution in [-0.4, -0.2) is 27.8 Å². The summed E-state index contributed by atoms with van der Waals surface area (Å²) in [7, 11) is 0. The Balaban J connectivity index is 1.66. The molecule has 0 radical (unpaired) electrons. The number of amides is 2. The van der Waals surface area contributed by atoms with Crippen LogP contribution in [0, 0.1) is 6.92 Å². The van der Waals surface area contributed by atoms with E-state index in [1.54, 1.807) is 13.1 Å². The van der Waals surface area contributed by atoms with Gasteiger partial charge in [-0.15, -0.1) is 0 Å². The molecule has 3 heterocycles. The maximum Gasteiger partial charge on any atom is 0.255 e. The van der Waals surface area contributed by atoms with Gasteiger partial charge in [-0.1, -0.05) is 17.4 Å². The number of nitrogens with zero attached hydrogens (tertiary/aromatic N) is 2. The lowest BCUT2D eigenvalue weighted by molar-refractivity contribution is -0.117. The smallest absolute Gasteiger partial charge is 0.255 e. The van der Waals surface area contributed by atoms with E-state index in [0.717, 1.165) is 16.3 Å². The lowest BCUT2D eigenvalue weighted by Gasteiger charge is -2.12. The molecule has 0 bridgehead atoms. The second-order valence-corrected chi connectivity index (χ2v) is 6.34. The number of nitrogens with one attached hydrogen (secondary N) is 2. The minimum Gasteiger partial charge on any atom is -0.472 e. The average molecular weight is 356 g/mol. The summed E-state index contributed by atoms with van der Waals surface area (Å²) in [4.78, 5) is 33.8. The van der Waals surface area contributed by atoms with E-state index in [1.807, 2.05) is 25.1 Å². The highest BCUT2D eigenvalue weighted by Crippen LogP contribution is 2.31. The number of carbonyl (C=O) groups excluding carboxylic acids is 2. The van der Waals surface area contributed by atoms with Gasteiger partial charge >= 0.3 is 0 Å². The van der Waals surface area contributed by atoms with Gasteiger partial charge in [0, 0.05) is 6.20 Å². The van der Waals surface area contributed by atoms with Gasteiger partial charge in [-0.2, -0.15) is 0 Å². The van der Waals surface area contributed by atoms with E-state index in [0.29, 0.717) is 10.7 Å². The summed E-state index contributed by atoms with van der Waals surface area (Å²) < 4.78 is 4.86. The van der Waals surface area contributed by atoms with Gasteiger partial charge in [0.1, 0.15) is 12.3 Å². The number of thiazole rings is 1. The first-order chi connectivity index (χ1) is 12.0. The number of rotatable bonds is 5. The molecule has 3 aromatic rings. The summed E-state index contributed by atoms with van der Waals surface area (Å²) in [6, 6.07) is 6.44. The zero-order valence-electron chi connectivity index (χ0n) is 13.6. The summed E-state index contributed by atoms with van der Waals surface area (Å²) in [5.74, 6) is -0.723. The van der Waals surface area contributed by atoms with Gasteiger partial charge in [0.2, 0.25) is 5.91 Å². The summed E-state index contributed by atoms with van der Waals surface area (Å²) in [6.07, 6.45) is 4.43. The standard InChI is InChI=1S/C17H16N4O3S/c1-10-14(13-5-3-4-7-18-13)25-17(20-10)21-15(22)11(2)19-16(23)12-6-8-24-9-12/h3-9,11H,1-2H3,(H,19,23)(H,20,21,22). The SMILES string of the molecule is Cc1nc(NC(=O)C(C)NC(=O)c2ccoc2)sc1-c1ccccn1. The van der Waals surface area contributed by atoms with E-state index in [-0.39, 0.29) is 11.8 Å². The number of anilines is 1. The number of hydrogen-bond donors (Lipinski definition) is 2. The fraction of sp³-hybridized carbons (Fsp3) is 0.176. The summed E-state index contributed by atoms with van der Waals surface area (Å²) >= 11 is 1.34. The highest BCUT2D eigenvalue weighted by molar-refractivity contribution is 7.19. The molecule has 8 heteroatoms. The quantitative estimate of drug-likeness (QED) is 0.733. The Bertz CT molecular complexity index is 875. The van der Waals surface area contributed by atoms with Gasteiger partial charge in [-0.05, 0) is 32.0 Å². The van der Waals surface area contributed by atoms with Crippen molar-refractivity contribution in [2.24, 2.45) is 0 Å². The molecule has 25 heavy (non-hydrogen) atoms. The first kappa shape index (κ1) is 16.8. The van der Waals surface area contributed by atoms with Gasteiger partial charge in [-0.25, -0.2) is 4.98 Å². The summed E-state index contributed by atoms with van der Waals surface area (Å²) in [5, 5.41) is 5.80. The van der Waals surface area contributed by atoms with E-state index >= 15 is 0 Å². The van der Waals surface area contributed by atoms with E-state index < -0.39 is 6.04 Å². The van der Waals surface area contributed by atoms with Crippen molar-refractivity contribution in [3.63, 3.8) is 0 Å². The van der Waals surface area contributed by atoms with Gasteiger partial charge in [-0.3, -0.25) is 14.6 Å². The third-order valence-corrected chi connectivity index (χ3v) is 4.54. The Morgan fingerprint density at radius 3 is 2.80 bits per heavy atom. The monoisotopic (exact) mass is 356 g/mol. The fourth-order valence-electron chi connectivity index (χ4n) is 2.14. The zero-order chi connectivity index (χ0) is 17.8. The molecule has 2 N–H and O–H groups in total. The van der Waals surface area contributed by atoms with Crippen LogP contribution in [0.4, 0.5) is 5.13 Å². The molecule has 0 fully saturated rings. The first-order valence-corrected chi connectivity index (χ1v) is 8.39. The Labute approximate surface area is 148 Å². The minimum absolute atomic E-state index is 0.349. The van der Waals surface area contributed by atoms with Gasteiger partial charge in [0.15, 0.2) is 5.13 Å². The van der Waals surface area contributed by atoms with Crippen LogP contribution >= 0.6 is 11.3 Å². The average Bonchev–Trinajstić information content (AvgIpc) is 3.25. The molecule has 0 aromatic carbocycles. The predicted molar refractivity (Wildman–Crippen MR) is 94.3 cm³/mol. The topological polar surface area (TPSA) is 97.1 Å². The fourth-order valence-corrected chi connectivity index (χ4v) is 3.08. The molecular weight excluding hydrogens is 340 g/mol. The van der Waals surface area contributed by atoms with E-state index in [4.69, 9.17) is 4.42 Å². The van der Waals surface area contributed by atoms with Crippen LogP contribution in [0.25, 0.3) is 10.6 Å². The molecule has 1 unspecified atom stereocenters. The van der Waals surface area contributed by atoms with Crippen LogP contribution < -0.4 is 10.6 Å². The molecule has 0 spiro atoms. The summed E-state index contributed by atoms with van der Waals surface area (Å²) in [5.41, 5.74) is 1.95. The molecule has 3 aromatic heterocycles. The zero-order valence-corrected chi connectivity index (χ0v) is 14.5. The van der Waals surface area contributed by atoms with Crippen LogP contribution in [0.3, 0.4) is 0 Å². The molecule has 7 nitrogen and oxygen atoms in total. The van der Waals surface area contributed by atoms with Crippen molar-refractivity contribution in [1.82, 2.24) is 15.3 Å². The Hall–Kier alpha value is -3.00. The minimum atomic E-state index is -0.718. The van der Waals surface area contributed by atoms with Crippen molar-refractivity contribution in [2.75, 3.05) is 5.32 Å². The molecule has 2 amide bonds. The lowest BCUT2D eigenvalue weighted by Crippen LogP contribution is -2.41. The van der Waals surface area contributed by atoms with Crippen LogP contribution in [0.15, 0.2) is 47.4 Å². The number of furan rings is 1. The maximum atomic E-state index is 12.3. The second-order valence-electron chi connectivity index (χ2n) is 5.34. The van der Waals surface area contributed by atoms with Crippen LogP contribution in [0.2, 0.25) is 0 Å². The maximum absolute atomic E-state index is 12.3. The van der Waals surface area contributed by atoms with Gasteiger partial charge in [0.05, 0.1) is 28.1 Å². The van der Waals surface area contributed by atoms with Crippen LogP contribution in [0.1, 0.15) is 23.0 Å². The van der Waals surface area contributed by atoms with Gasteiger partial charge in [0.25, 0.3) is 5.91 Å². The number of pyridine rings is 1. The third-order valence-electron chi connectivity index (χ3n) is 3.45. The molecule has 0 aliphatic heterocycles. The van der Waals surface area contributed by atoms with E-state index in [9.17, 15) is 9.59 Å². The number of hydrogen-bond acceptors (Lipinski definition) is 6. The second kappa shape index (κ2) is 7.27. The van der Waals surface area contributed by atoms with Gasteiger partial charge < -0.3 is 15.1 Å².